The molecule has 1 unspecified atom stereocenters. The van der Waals surface area contributed by atoms with Crippen LogP contribution < -0.4 is 0 Å². The summed E-state index contributed by atoms with van der Waals surface area (Å²) in [6.45, 7) is 9.53. The van der Waals surface area contributed by atoms with E-state index in [1.165, 1.54) is 0 Å². The summed E-state index contributed by atoms with van der Waals surface area (Å²) in [4.78, 5) is 0.834. The Bertz CT molecular complexity index is 493. The molecule has 0 amide bonds. The molecule has 1 aliphatic heterocycles. The minimum absolute atomic E-state index is 0.0723. The zero-order valence-corrected chi connectivity index (χ0v) is 13.1. The van der Waals surface area contributed by atoms with E-state index in [1.54, 1.807) is 0 Å². The van der Waals surface area contributed by atoms with E-state index < -0.39 is 16.6 Å². The second kappa shape index (κ2) is 6.20. The molecule has 1 heterocycles. The lowest BCUT2D eigenvalue weighted by Gasteiger charge is -2.16. The summed E-state index contributed by atoms with van der Waals surface area (Å²) in [7, 11) is -1.08. The molecule has 0 saturated carbocycles. The molecule has 1 aromatic carbocycles. The van der Waals surface area contributed by atoms with Gasteiger partial charge in [0.15, 0.2) is 5.79 Å². The van der Waals surface area contributed by atoms with E-state index >= 15 is 0 Å². The van der Waals surface area contributed by atoms with Crippen molar-refractivity contribution in [3.63, 3.8) is 0 Å². The van der Waals surface area contributed by atoms with Gasteiger partial charge < -0.3 is 9.47 Å². The summed E-state index contributed by atoms with van der Waals surface area (Å²) in [5, 5.41) is 0. The van der Waals surface area contributed by atoms with Gasteiger partial charge in [-0.15, -0.1) is 6.58 Å². The van der Waals surface area contributed by atoms with E-state index in [4.69, 9.17) is 9.47 Å². The first-order valence-electron chi connectivity index (χ1n) is 6.83. The standard InChI is InChI=1S/C16H22O3S/c1-5-6-14-15(19-16(3,4)18-14)11-20(17)13-9-7-12(2)8-10-13/h5,7-10,14-15H,1,6,11H2,2-4H3/t14-,15+,20?/m0/s1. The van der Waals surface area contributed by atoms with Crippen molar-refractivity contribution in [2.75, 3.05) is 5.75 Å². The van der Waals surface area contributed by atoms with Gasteiger partial charge in [0, 0.05) is 4.90 Å². The van der Waals surface area contributed by atoms with Crippen LogP contribution >= 0.6 is 0 Å². The van der Waals surface area contributed by atoms with E-state index in [0.717, 1.165) is 10.5 Å². The number of aryl methyl sites for hydroxylation is 1. The van der Waals surface area contributed by atoms with Crippen LogP contribution in [0, 0.1) is 6.92 Å². The van der Waals surface area contributed by atoms with Gasteiger partial charge in [0.05, 0.1) is 28.8 Å². The topological polar surface area (TPSA) is 35.5 Å². The zero-order chi connectivity index (χ0) is 14.8. The van der Waals surface area contributed by atoms with E-state index in [1.807, 2.05) is 51.1 Å². The first-order valence-corrected chi connectivity index (χ1v) is 8.15. The third-order valence-electron chi connectivity index (χ3n) is 3.28. The normalized spacial score (nSPS) is 26.4. The smallest absolute Gasteiger partial charge is 0.163 e. The maximum absolute atomic E-state index is 12.4. The van der Waals surface area contributed by atoms with Crippen LogP contribution in [0.3, 0.4) is 0 Å². The Morgan fingerprint density at radius 1 is 1.25 bits per heavy atom. The summed E-state index contributed by atoms with van der Waals surface area (Å²) < 4.78 is 24.1. The lowest BCUT2D eigenvalue weighted by atomic mass is 10.2. The van der Waals surface area contributed by atoms with Crippen molar-refractivity contribution in [3.05, 3.63) is 42.5 Å². The van der Waals surface area contributed by atoms with Gasteiger partial charge in [-0.25, -0.2) is 0 Å². The van der Waals surface area contributed by atoms with Gasteiger partial charge in [-0.1, -0.05) is 23.8 Å². The lowest BCUT2D eigenvalue weighted by molar-refractivity contribution is -0.144. The molecule has 110 valence electrons. The van der Waals surface area contributed by atoms with E-state index in [2.05, 4.69) is 6.58 Å². The van der Waals surface area contributed by atoms with Crippen molar-refractivity contribution in [3.8, 4) is 0 Å². The molecule has 1 saturated heterocycles. The van der Waals surface area contributed by atoms with E-state index in [0.29, 0.717) is 12.2 Å². The van der Waals surface area contributed by atoms with Gasteiger partial charge in [-0.2, -0.15) is 0 Å². The first-order chi connectivity index (χ1) is 9.41. The van der Waals surface area contributed by atoms with Crippen LogP contribution in [0.4, 0.5) is 0 Å². The molecule has 0 radical (unpaired) electrons. The molecule has 0 aliphatic carbocycles. The van der Waals surface area contributed by atoms with Crippen molar-refractivity contribution in [1.82, 2.24) is 0 Å². The molecule has 0 N–H and O–H groups in total. The maximum Gasteiger partial charge on any atom is 0.163 e. The van der Waals surface area contributed by atoms with Crippen LogP contribution in [0.15, 0.2) is 41.8 Å². The van der Waals surface area contributed by atoms with Crippen molar-refractivity contribution in [1.29, 1.82) is 0 Å². The average molecular weight is 294 g/mol. The molecule has 2 rings (SSSR count). The van der Waals surface area contributed by atoms with Crippen LogP contribution in [-0.4, -0.2) is 28.0 Å². The number of hydrogen-bond acceptors (Lipinski definition) is 3. The van der Waals surface area contributed by atoms with Crippen molar-refractivity contribution < 1.29 is 13.7 Å². The molecule has 3 nitrogen and oxygen atoms in total. The molecule has 3 atom stereocenters. The SMILES string of the molecule is C=CC[C@@H]1OC(C)(C)O[C@@H]1CS(=O)c1ccc(C)cc1. The van der Waals surface area contributed by atoms with Crippen molar-refractivity contribution in [2.45, 2.75) is 50.1 Å². The lowest BCUT2D eigenvalue weighted by Crippen LogP contribution is -2.28. The van der Waals surface area contributed by atoms with Crippen LogP contribution in [0.25, 0.3) is 0 Å². The van der Waals surface area contributed by atoms with Gasteiger partial charge >= 0.3 is 0 Å². The monoisotopic (exact) mass is 294 g/mol. The molecule has 0 spiro atoms. The highest BCUT2D eigenvalue weighted by Crippen LogP contribution is 2.31. The zero-order valence-electron chi connectivity index (χ0n) is 12.3. The molecule has 4 heteroatoms. The van der Waals surface area contributed by atoms with Gasteiger partial charge in [-0.05, 0) is 39.3 Å². The summed E-state index contributed by atoms with van der Waals surface area (Å²) in [6.07, 6.45) is 2.29. The Kier molecular flexibility index (Phi) is 4.78. The highest BCUT2D eigenvalue weighted by Gasteiger charge is 2.41. The molecule has 0 bridgehead atoms. The Morgan fingerprint density at radius 2 is 1.85 bits per heavy atom. The number of benzene rings is 1. The van der Waals surface area contributed by atoms with Crippen LogP contribution in [0.1, 0.15) is 25.8 Å². The molecular weight excluding hydrogens is 272 g/mol. The van der Waals surface area contributed by atoms with Crippen molar-refractivity contribution in [2.24, 2.45) is 0 Å². The molecule has 1 fully saturated rings. The summed E-state index contributed by atoms with van der Waals surface area (Å²) in [6, 6.07) is 7.78. The highest BCUT2D eigenvalue weighted by molar-refractivity contribution is 7.85. The van der Waals surface area contributed by atoms with Crippen LogP contribution in [-0.2, 0) is 20.3 Å². The largest absolute Gasteiger partial charge is 0.344 e. The summed E-state index contributed by atoms with van der Waals surface area (Å²) >= 11 is 0. The maximum atomic E-state index is 12.4. The minimum atomic E-state index is -1.08. The third-order valence-corrected chi connectivity index (χ3v) is 4.71. The number of ether oxygens (including phenoxy) is 2. The third kappa shape index (κ3) is 3.78. The molecule has 1 aromatic rings. The quantitative estimate of drug-likeness (QED) is 0.782. The number of hydrogen-bond donors (Lipinski definition) is 0. The Balaban J connectivity index is 2.06. The van der Waals surface area contributed by atoms with Gasteiger partial charge in [0.2, 0.25) is 0 Å². The van der Waals surface area contributed by atoms with E-state index in [-0.39, 0.29) is 12.2 Å². The molecule has 0 aromatic heterocycles. The first kappa shape index (κ1) is 15.4. The minimum Gasteiger partial charge on any atom is -0.344 e. The summed E-state index contributed by atoms with van der Waals surface area (Å²) in [5.41, 5.74) is 1.16. The summed E-state index contributed by atoms with van der Waals surface area (Å²) in [5.74, 6) is -0.166. The Labute approximate surface area is 123 Å². The second-order valence-electron chi connectivity index (χ2n) is 5.56. The molecular formula is C16H22O3S. The fourth-order valence-corrected chi connectivity index (χ4v) is 3.56. The fraction of sp³-hybridized carbons (Fsp3) is 0.500. The van der Waals surface area contributed by atoms with Gasteiger partial charge in [0.1, 0.15) is 0 Å². The second-order valence-corrected chi connectivity index (χ2v) is 7.06. The molecule has 20 heavy (non-hydrogen) atoms. The van der Waals surface area contributed by atoms with Gasteiger partial charge in [0.25, 0.3) is 0 Å². The predicted molar refractivity (Wildman–Crippen MR) is 81.1 cm³/mol. The number of rotatable bonds is 5. The van der Waals surface area contributed by atoms with Gasteiger partial charge in [-0.3, -0.25) is 4.21 Å². The van der Waals surface area contributed by atoms with E-state index in [9.17, 15) is 4.21 Å². The highest BCUT2D eigenvalue weighted by atomic mass is 32.2. The Morgan fingerprint density at radius 3 is 2.45 bits per heavy atom. The molecule has 1 aliphatic rings. The average Bonchev–Trinajstić information content (AvgIpc) is 2.65. The Hall–Kier alpha value is -0.970. The van der Waals surface area contributed by atoms with Crippen LogP contribution in [0.2, 0.25) is 0 Å². The van der Waals surface area contributed by atoms with Crippen LogP contribution in [0.5, 0.6) is 0 Å². The fourth-order valence-electron chi connectivity index (χ4n) is 2.35. The predicted octanol–water partition coefficient (Wildman–Crippen LogP) is 3.20. The van der Waals surface area contributed by atoms with Crippen molar-refractivity contribution >= 4 is 10.8 Å².